The molecular formula is C13H20N2O3. The summed E-state index contributed by atoms with van der Waals surface area (Å²) in [6.45, 7) is 1.55. The SMILES string of the molecule is COc1ccccc1CC(O)NC1(CN)COC1. The molecule has 0 bridgehead atoms. The maximum Gasteiger partial charge on any atom is 0.122 e. The van der Waals surface area contributed by atoms with Crippen LogP contribution in [0.1, 0.15) is 5.56 Å². The number of hydrogen-bond acceptors (Lipinski definition) is 5. The maximum atomic E-state index is 10.1. The monoisotopic (exact) mass is 252 g/mol. The molecule has 4 N–H and O–H groups in total. The smallest absolute Gasteiger partial charge is 0.122 e. The predicted molar refractivity (Wildman–Crippen MR) is 68.4 cm³/mol. The number of aliphatic hydroxyl groups is 1. The van der Waals surface area contributed by atoms with Crippen LogP contribution in [0.3, 0.4) is 0 Å². The van der Waals surface area contributed by atoms with Crippen molar-refractivity contribution in [1.29, 1.82) is 0 Å². The Morgan fingerprint density at radius 1 is 1.50 bits per heavy atom. The normalized spacial score (nSPS) is 19.1. The molecule has 0 aliphatic carbocycles. The molecule has 0 amide bonds. The van der Waals surface area contributed by atoms with Gasteiger partial charge in [-0.25, -0.2) is 0 Å². The summed E-state index contributed by atoms with van der Waals surface area (Å²) in [5.41, 5.74) is 6.38. The fourth-order valence-electron chi connectivity index (χ4n) is 2.09. The fourth-order valence-corrected chi connectivity index (χ4v) is 2.09. The lowest BCUT2D eigenvalue weighted by Gasteiger charge is -2.42. The van der Waals surface area contributed by atoms with Crippen molar-refractivity contribution < 1.29 is 14.6 Å². The molecule has 100 valence electrons. The Morgan fingerprint density at radius 3 is 2.78 bits per heavy atom. The Balaban J connectivity index is 1.96. The minimum absolute atomic E-state index is 0.276. The van der Waals surface area contributed by atoms with Gasteiger partial charge in [0, 0.05) is 13.0 Å². The van der Waals surface area contributed by atoms with Gasteiger partial charge in [0.15, 0.2) is 0 Å². The number of rotatable bonds is 6. The van der Waals surface area contributed by atoms with Crippen molar-refractivity contribution in [2.45, 2.75) is 18.2 Å². The van der Waals surface area contributed by atoms with Gasteiger partial charge in [-0.2, -0.15) is 0 Å². The van der Waals surface area contributed by atoms with Crippen LogP contribution >= 0.6 is 0 Å². The number of nitrogens with two attached hydrogens (primary N) is 1. The zero-order valence-electron chi connectivity index (χ0n) is 10.6. The lowest BCUT2D eigenvalue weighted by atomic mass is 9.97. The molecule has 0 radical (unpaired) electrons. The van der Waals surface area contributed by atoms with E-state index in [0.717, 1.165) is 11.3 Å². The number of aliphatic hydroxyl groups excluding tert-OH is 1. The summed E-state index contributed by atoms with van der Waals surface area (Å²) in [4.78, 5) is 0. The van der Waals surface area contributed by atoms with Crippen LogP contribution in [0.15, 0.2) is 24.3 Å². The second-order valence-corrected chi connectivity index (χ2v) is 4.65. The van der Waals surface area contributed by atoms with E-state index < -0.39 is 6.23 Å². The zero-order chi connectivity index (χ0) is 13.0. The molecule has 0 aromatic heterocycles. The molecule has 1 aliphatic rings. The minimum atomic E-state index is -0.659. The molecule has 1 aromatic rings. The average molecular weight is 252 g/mol. The molecule has 1 fully saturated rings. The van der Waals surface area contributed by atoms with Crippen LogP contribution in [0.25, 0.3) is 0 Å². The van der Waals surface area contributed by atoms with E-state index in [4.69, 9.17) is 15.2 Å². The highest BCUT2D eigenvalue weighted by Crippen LogP contribution is 2.20. The summed E-state index contributed by atoms with van der Waals surface area (Å²) in [6.07, 6.45) is -0.181. The highest BCUT2D eigenvalue weighted by molar-refractivity contribution is 5.33. The standard InChI is InChI=1S/C13H20N2O3/c1-17-11-5-3-2-4-10(11)6-12(16)15-13(7-14)8-18-9-13/h2-5,12,15-16H,6-9,14H2,1H3. The topological polar surface area (TPSA) is 76.7 Å². The third kappa shape index (κ3) is 2.81. The van der Waals surface area contributed by atoms with E-state index in [1.807, 2.05) is 24.3 Å². The van der Waals surface area contributed by atoms with Gasteiger partial charge in [-0.15, -0.1) is 0 Å². The molecule has 1 aromatic carbocycles. The highest BCUT2D eigenvalue weighted by atomic mass is 16.5. The van der Waals surface area contributed by atoms with Crippen LogP contribution in [0.2, 0.25) is 0 Å². The largest absolute Gasteiger partial charge is 0.496 e. The summed E-state index contributed by atoms with van der Waals surface area (Å²) >= 11 is 0. The van der Waals surface area contributed by atoms with Crippen molar-refractivity contribution in [2.24, 2.45) is 5.73 Å². The molecule has 5 nitrogen and oxygen atoms in total. The molecule has 1 atom stereocenters. The Kier molecular flexibility index (Phi) is 4.19. The third-order valence-corrected chi connectivity index (χ3v) is 3.23. The lowest BCUT2D eigenvalue weighted by molar-refractivity contribution is -0.0921. The summed E-state index contributed by atoms with van der Waals surface area (Å²) in [5, 5.41) is 13.2. The molecule has 5 heteroatoms. The van der Waals surface area contributed by atoms with Crippen molar-refractivity contribution in [3.63, 3.8) is 0 Å². The van der Waals surface area contributed by atoms with Crippen LogP contribution in [-0.4, -0.2) is 43.7 Å². The van der Waals surface area contributed by atoms with Gasteiger partial charge in [-0.05, 0) is 11.6 Å². The predicted octanol–water partition coefficient (Wildman–Crippen LogP) is -0.127. The van der Waals surface area contributed by atoms with E-state index in [9.17, 15) is 5.11 Å². The quantitative estimate of drug-likeness (QED) is 0.615. The Morgan fingerprint density at radius 2 is 2.22 bits per heavy atom. The van der Waals surface area contributed by atoms with Gasteiger partial charge in [-0.3, -0.25) is 5.32 Å². The molecule has 1 aliphatic heterocycles. The van der Waals surface area contributed by atoms with Gasteiger partial charge in [0.05, 0.1) is 25.9 Å². The van der Waals surface area contributed by atoms with Crippen molar-refractivity contribution in [1.82, 2.24) is 5.32 Å². The molecule has 1 saturated heterocycles. The molecule has 1 heterocycles. The summed E-state index contributed by atoms with van der Waals surface area (Å²) < 4.78 is 10.4. The summed E-state index contributed by atoms with van der Waals surface area (Å²) in [6, 6.07) is 7.66. The molecule has 18 heavy (non-hydrogen) atoms. The second kappa shape index (κ2) is 5.67. The summed E-state index contributed by atoms with van der Waals surface area (Å²) in [7, 11) is 1.62. The van der Waals surface area contributed by atoms with E-state index >= 15 is 0 Å². The van der Waals surface area contributed by atoms with E-state index in [0.29, 0.717) is 26.2 Å². The van der Waals surface area contributed by atoms with Crippen LogP contribution in [0.5, 0.6) is 5.75 Å². The number of methoxy groups -OCH3 is 1. The van der Waals surface area contributed by atoms with E-state index in [2.05, 4.69) is 5.32 Å². The number of para-hydroxylation sites is 1. The van der Waals surface area contributed by atoms with Gasteiger partial charge in [0.1, 0.15) is 12.0 Å². The fraction of sp³-hybridized carbons (Fsp3) is 0.538. The van der Waals surface area contributed by atoms with Crippen LogP contribution < -0.4 is 15.8 Å². The van der Waals surface area contributed by atoms with Crippen molar-refractivity contribution in [3.8, 4) is 5.75 Å². The Bertz CT molecular complexity index is 388. The van der Waals surface area contributed by atoms with Gasteiger partial charge >= 0.3 is 0 Å². The highest BCUT2D eigenvalue weighted by Gasteiger charge is 2.38. The van der Waals surface area contributed by atoms with Gasteiger partial charge in [-0.1, -0.05) is 18.2 Å². The van der Waals surface area contributed by atoms with Crippen molar-refractivity contribution in [3.05, 3.63) is 29.8 Å². The van der Waals surface area contributed by atoms with Gasteiger partial charge < -0.3 is 20.3 Å². The number of ether oxygens (including phenoxy) is 2. The molecular weight excluding hydrogens is 232 g/mol. The van der Waals surface area contributed by atoms with E-state index in [-0.39, 0.29) is 5.54 Å². The summed E-state index contributed by atoms with van der Waals surface area (Å²) in [5.74, 6) is 0.782. The van der Waals surface area contributed by atoms with Gasteiger partial charge in [0.25, 0.3) is 0 Å². The third-order valence-electron chi connectivity index (χ3n) is 3.23. The van der Waals surface area contributed by atoms with Crippen LogP contribution in [0, 0.1) is 0 Å². The maximum absolute atomic E-state index is 10.1. The Labute approximate surface area is 107 Å². The molecule has 0 spiro atoms. The van der Waals surface area contributed by atoms with E-state index in [1.54, 1.807) is 7.11 Å². The van der Waals surface area contributed by atoms with Crippen molar-refractivity contribution in [2.75, 3.05) is 26.9 Å². The minimum Gasteiger partial charge on any atom is -0.496 e. The Hall–Kier alpha value is -1.14. The number of benzene rings is 1. The van der Waals surface area contributed by atoms with Crippen LogP contribution in [-0.2, 0) is 11.2 Å². The lowest BCUT2D eigenvalue weighted by Crippen LogP contribution is -2.67. The first-order chi connectivity index (χ1) is 8.69. The number of hydrogen-bond donors (Lipinski definition) is 3. The van der Waals surface area contributed by atoms with E-state index in [1.165, 1.54) is 0 Å². The van der Waals surface area contributed by atoms with Crippen molar-refractivity contribution >= 4 is 0 Å². The first kappa shape index (κ1) is 13.3. The second-order valence-electron chi connectivity index (χ2n) is 4.65. The zero-order valence-corrected chi connectivity index (χ0v) is 10.6. The van der Waals surface area contributed by atoms with Gasteiger partial charge in [0.2, 0.25) is 0 Å². The average Bonchev–Trinajstić information content (AvgIpc) is 2.34. The van der Waals surface area contributed by atoms with Crippen LogP contribution in [0.4, 0.5) is 0 Å². The molecule has 0 saturated carbocycles. The molecule has 1 unspecified atom stereocenters. The number of nitrogens with one attached hydrogen (secondary N) is 1. The first-order valence-electron chi connectivity index (χ1n) is 6.04. The molecule has 2 rings (SSSR count). The first-order valence-corrected chi connectivity index (χ1v) is 6.04.